The Bertz CT molecular complexity index is 929. The van der Waals surface area contributed by atoms with Crippen molar-refractivity contribution in [1.82, 2.24) is 14.5 Å². The number of fused-ring (bicyclic) bond motifs is 1. The molecule has 1 aromatic carbocycles. The third-order valence-corrected chi connectivity index (χ3v) is 6.48. The van der Waals surface area contributed by atoms with E-state index in [-0.39, 0.29) is 0 Å². The van der Waals surface area contributed by atoms with Gasteiger partial charge >= 0.3 is 0 Å². The van der Waals surface area contributed by atoms with Crippen molar-refractivity contribution < 1.29 is 4.79 Å². The quantitative estimate of drug-likeness (QED) is 0.649. The molecule has 1 saturated carbocycles. The van der Waals surface area contributed by atoms with E-state index in [0.717, 1.165) is 33.4 Å². The highest BCUT2D eigenvalue weighted by atomic mass is 32.2. The highest BCUT2D eigenvalue weighted by Gasteiger charge is 2.17. The molecule has 0 spiro atoms. The molecule has 27 heavy (non-hydrogen) atoms. The lowest BCUT2D eigenvalue weighted by molar-refractivity contribution is 0.100. The second-order valence-corrected chi connectivity index (χ2v) is 8.21. The van der Waals surface area contributed by atoms with Crippen LogP contribution in [-0.2, 0) is 6.54 Å². The summed E-state index contributed by atoms with van der Waals surface area (Å²) >= 11 is 1.86. The minimum atomic E-state index is -0.400. The second-order valence-electron chi connectivity index (χ2n) is 7.22. The van der Waals surface area contributed by atoms with Crippen molar-refractivity contribution in [2.75, 3.05) is 5.75 Å². The van der Waals surface area contributed by atoms with Gasteiger partial charge in [-0.3, -0.25) is 9.78 Å². The van der Waals surface area contributed by atoms with Gasteiger partial charge in [-0.1, -0.05) is 43.2 Å². The maximum atomic E-state index is 11.3. The molecular formula is C21H24N4OS. The zero-order valence-electron chi connectivity index (χ0n) is 15.3. The van der Waals surface area contributed by atoms with Crippen LogP contribution in [0.15, 0.2) is 47.9 Å². The summed E-state index contributed by atoms with van der Waals surface area (Å²) < 4.78 is 2.23. The molecule has 0 saturated heterocycles. The summed E-state index contributed by atoms with van der Waals surface area (Å²) in [5, 5.41) is 1.04. The summed E-state index contributed by atoms with van der Waals surface area (Å²) in [7, 11) is 0. The van der Waals surface area contributed by atoms with E-state index in [1.807, 2.05) is 36.2 Å². The summed E-state index contributed by atoms with van der Waals surface area (Å²) in [5.74, 6) is 1.52. The predicted octanol–water partition coefficient (Wildman–Crippen LogP) is 4.25. The predicted molar refractivity (Wildman–Crippen MR) is 109 cm³/mol. The largest absolute Gasteiger partial charge is 0.366 e. The molecule has 0 aliphatic heterocycles. The summed E-state index contributed by atoms with van der Waals surface area (Å²) in [6.07, 6.45) is 10.4. The molecule has 1 fully saturated rings. The summed E-state index contributed by atoms with van der Waals surface area (Å²) in [5.41, 5.74) is 9.01. The maximum Gasteiger partial charge on any atom is 0.248 e. The van der Waals surface area contributed by atoms with Crippen LogP contribution in [0.3, 0.4) is 0 Å². The van der Waals surface area contributed by atoms with Gasteiger partial charge in [-0.25, -0.2) is 4.98 Å². The SMILES string of the molecule is NC(=O)c1ccc(Cn2c(SCC3CCCCC3)nc3ccncc32)cc1. The number of nitrogens with two attached hydrogens (primary N) is 1. The van der Waals surface area contributed by atoms with Gasteiger partial charge < -0.3 is 10.3 Å². The van der Waals surface area contributed by atoms with Crippen LogP contribution in [-0.4, -0.2) is 26.2 Å². The Hall–Kier alpha value is -2.34. The number of hydrogen-bond donors (Lipinski definition) is 1. The van der Waals surface area contributed by atoms with Crippen molar-refractivity contribution in [2.24, 2.45) is 11.7 Å². The number of carbonyl (C=O) groups is 1. The Balaban J connectivity index is 1.58. The maximum absolute atomic E-state index is 11.3. The van der Waals surface area contributed by atoms with Crippen molar-refractivity contribution in [3.05, 3.63) is 53.9 Å². The molecule has 5 nitrogen and oxygen atoms in total. The van der Waals surface area contributed by atoms with Gasteiger partial charge in [-0.15, -0.1) is 0 Å². The molecule has 0 unspecified atom stereocenters. The molecule has 4 rings (SSSR count). The van der Waals surface area contributed by atoms with Gasteiger partial charge in [0.2, 0.25) is 5.91 Å². The number of aromatic nitrogens is 3. The normalized spacial score (nSPS) is 15.3. The lowest BCUT2D eigenvalue weighted by Crippen LogP contribution is -2.11. The van der Waals surface area contributed by atoms with Crippen molar-refractivity contribution in [1.29, 1.82) is 0 Å². The number of pyridine rings is 1. The van der Waals surface area contributed by atoms with E-state index in [0.29, 0.717) is 12.1 Å². The van der Waals surface area contributed by atoms with Crippen LogP contribution in [0.5, 0.6) is 0 Å². The van der Waals surface area contributed by atoms with E-state index in [1.165, 1.54) is 32.1 Å². The molecule has 1 aliphatic carbocycles. The fourth-order valence-electron chi connectivity index (χ4n) is 3.71. The summed E-state index contributed by atoms with van der Waals surface area (Å²) in [6, 6.07) is 9.44. The van der Waals surface area contributed by atoms with Gasteiger partial charge in [-0.2, -0.15) is 0 Å². The van der Waals surface area contributed by atoms with E-state index in [9.17, 15) is 4.79 Å². The molecule has 1 amide bonds. The van der Waals surface area contributed by atoms with Gasteiger partial charge in [0.1, 0.15) is 0 Å². The standard InChI is InChI=1S/C21H24N4OS/c22-20(26)17-8-6-15(7-9-17)13-25-19-12-23-11-10-18(19)24-21(25)27-14-16-4-2-1-3-5-16/h6-12,16H,1-5,13-14H2,(H2,22,26). The minimum Gasteiger partial charge on any atom is -0.366 e. The van der Waals surface area contributed by atoms with E-state index < -0.39 is 5.91 Å². The van der Waals surface area contributed by atoms with Crippen molar-refractivity contribution in [3.63, 3.8) is 0 Å². The van der Waals surface area contributed by atoms with Crippen LogP contribution in [0.2, 0.25) is 0 Å². The van der Waals surface area contributed by atoms with Crippen molar-refractivity contribution in [2.45, 2.75) is 43.8 Å². The first-order chi connectivity index (χ1) is 13.2. The van der Waals surface area contributed by atoms with Crippen LogP contribution in [0.1, 0.15) is 48.0 Å². The Morgan fingerprint density at radius 1 is 1.15 bits per heavy atom. The zero-order valence-corrected chi connectivity index (χ0v) is 16.1. The third kappa shape index (κ3) is 4.16. The first kappa shape index (κ1) is 18.0. The van der Waals surface area contributed by atoms with E-state index in [4.69, 9.17) is 10.7 Å². The highest BCUT2D eigenvalue weighted by molar-refractivity contribution is 7.99. The molecule has 3 aromatic rings. The van der Waals surface area contributed by atoms with Gasteiger partial charge in [0.25, 0.3) is 0 Å². The molecule has 2 aromatic heterocycles. The van der Waals surface area contributed by atoms with E-state index >= 15 is 0 Å². The Morgan fingerprint density at radius 3 is 2.67 bits per heavy atom. The lowest BCUT2D eigenvalue weighted by Gasteiger charge is -2.21. The fourth-order valence-corrected chi connectivity index (χ4v) is 4.91. The summed E-state index contributed by atoms with van der Waals surface area (Å²) in [6.45, 7) is 0.703. The molecular weight excluding hydrogens is 356 g/mol. The van der Waals surface area contributed by atoms with Crippen LogP contribution in [0, 0.1) is 5.92 Å². The minimum absolute atomic E-state index is 0.400. The van der Waals surface area contributed by atoms with Gasteiger partial charge in [0.15, 0.2) is 5.16 Å². The first-order valence-electron chi connectivity index (χ1n) is 9.52. The molecule has 0 atom stereocenters. The molecule has 6 heteroatoms. The number of thioether (sulfide) groups is 1. The zero-order chi connectivity index (χ0) is 18.6. The Morgan fingerprint density at radius 2 is 1.93 bits per heavy atom. The van der Waals surface area contributed by atoms with E-state index in [2.05, 4.69) is 9.55 Å². The number of amides is 1. The number of nitrogens with zero attached hydrogens (tertiary/aromatic N) is 3. The monoisotopic (exact) mass is 380 g/mol. The highest BCUT2D eigenvalue weighted by Crippen LogP contribution is 2.31. The number of primary amides is 1. The number of benzene rings is 1. The molecule has 0 bridgehead atoms. The number of carbonyl (C=O) groups excluding carboxylic acids is 1. The number of imidazole rings is 1. The summed E-state index contributed by atoms with van der Waals surface area (Å²) in [4.78, 5) is 20.4. The molecule has 140 valence electrons. The van der Waals surface area contributed by atoms with Crippen LogP contribution >= 0.6 is 11.8 Å². The smallest absolute Gasteiger partial charge is 0.248 e. The molecule has 0 radical (unpaired) electrons. The van der Waals surface area contributed by atoms with Crippen LogP contribution < -0.4 is 5.73 Å². The first-order valence-corrected chi connectivity index (χ1v) is 10.5. The lowest BCUT2D eigenvalue weighted by atomic mass is 9.91. The molecule has 2 N–H and O–H groups in total. The average Bonchev–Trinajstić information content (AvgIpc) is 3.05. The van der Waals surface area contributed by atoms with Crippen molar-refractivity contribution in [3.8, 4) is 0 Å². The number of rotatable bonds is 6. The Kier molecular flexibility index (Phi) is 5.43. The Labute approximate surface area is 163 Å². The number of hydrogen-bond acceptors (Lipinski definition) is 4. The molecule has 2 heterocycles. The van der Waals surface area contributed by atoms with Crippen molar-refractivity contribution >= 4 is 28.7 Å². The van der Waals surface area contributed by atoms with Gasteiger partial charge in [0, 0.05) is 17.5 Å². The molecule has 1 aliphatic rings. The average molecular weight is 381 g/mol. The van der Waals surface area contributed by atoms with Gasteiger partial charge in [-0.05, 0) is 42.5 Å². The topological polar surface area (TPSA) is 73.8 Å². The van der Waals surface area contributed by atoms with Crippen LogP contribution in [0.4, 0.5) is 0 Å². The van der Waals surface area contributed by atoms with Crippen LogP contribution in [0.25, 0.3) is 11.0 Å². The third-order valence-electron chi connectivity index (χ3n) is 5.27. The fraction of sp³-hybridized carbons (Fsp3) is 0.381. The van der Waals surface area contributed by atoms with E-state index in [1.54, 1.807) is 18.3 Å². The second kappa shape index (κ2) is 8.13. The van der Waals surface area contributed by atoms with Gasteiger partial charge in [0.05, 0.1) is 23.8 Å².